The van der Waals surface area contributed by atoms with Crippen LogP contribution in [0.15, 0.2) is 12.3 Å². The number of rotatable bonds is 5. The van der Waals surface area contributed by atoms with E-state index in [1.807, 2.05) is 38.2 Å². The van der Waals surface area contributed by atoms with Crippen LogP contribution in [0.2, 0.25) is 0 Å². The zero-order valence-electron chi connectivity index (χ0n) is 8.63. The average Bonchev–Trinajstić information content (AvgIpc) is 2.03. The van der Waals surface area contributed by atoms with Crippen molar-refractivity contribution in [3.63, 3.8) is 0 Å². The van der Waals surface area contributed by atoms with Gasteiger partial charge in [0.2, 0.25) is 0 Å². The standard InChI is InChI=1S/C9H19NO2/c1-9(11-4,12-5)7-6-8-10(2)3/h6,8H,7H2,1-5H3. The average molecular weight is 173 g/mol. The second-order valence-electron chi connectivity index (χ2n) is 3.09. The fourth-order valence-corrected chi connectivity index (χ4v) is 0.728. The van der Waals surface area contributed by atoms with Gasteiger partial charge >= 0.3 is 0 Å². The van der Waals surface area contributed by atoms with E-state index in [0.29, 0.717) is 0 Å². The molecule has 0 atom stereocenters. The zero-order chi connectivity index (χ0) is 9.61. The largest absolute Gasteiger partial charge is 0.384 e. The molecule has 0 saturated heterocycles. The van der Waals surface area contributed by atoms with Crippen LogP contribution in [-0.2, 0) is 9.47 Å². The second kappa shape index (κ2) is 5.17. The molecule has 3 heteroatoms. The molecule has 0 bridgehead atoms. The normalized spacial score (nSPS) is 12.4. The van der Waals surface area contributed by atoms with Gasteiger partial charge in [-0.25, -0.2) is 0 Å². The van der Waals surface area contributed by atoms with Crippen molar-refractivity contribution in [3.8, 4) is 0 Å². The van der Waals surface area contributed by atoms with Crippen LogP contribution in [0, 0.1) is 0 Å². The summed E-state index contributed by atoms with van der Waals surface area (Å²) in [4.78, 5) is 1.98. The molecular weight excluding hydrogens is 154 g/mol. The van der Waals surface area contributed by atoms with Crippen LogP contribution >= 0.6 is 0 Å². The Morgan fingerprint density at radius 2 is 1.75 bits per heavy atom. The fraction of sp³-hybridized carbons (Fsp3) is 0.778. The van der Waals surface area contributed by atoms with Crippen molar-refractivity contribution in [1.82, 2.24) is 4.90 Å². The van der Waals surface area contributed by atoms with Crippen LogP contribution in [0.5, 0.6) is 0 Å². The fourth-order valence-electron chi connectivity index (χ4n) is 0.728. The number of nitrogens with zero attached hydrogens (tertiary/aromatic N) is 1. The summed E-state index contributed by atoms with van der Waals surface area (Å²) in [6.07, 6.45) is 4.75. The molecule has 0 fully saturated rings. The van der Waals surface area contributed by atoms with Crippen molar-refractivity contribution in [2.24, 2.45) is 0 Å². The molecule has 12 heavy (non-hydrogen) atoms. The zero-order valence-corrected chi connectivity index (χ0v) is 8.63. The van der Waals surface area contributed by atoms with E-state index in [0.717, 1.165) is 6.42 Å². The van der Waals surface area contributed by atoms with Gasteiger partial charge in [0.1, 0.15) is 0 Å². The summed E-state index contributed by atoms with van der Waals surface area (Å²) < 4.78 is 10.4. The third-order valence-corrected chi connectivity index (χ3v) is 1.76. The van der Waals surface area contributed by atoms with Crippen LogP contribution in [-0.4, -0.2) is 39.0 Å². The van der Waals surface area contributed by atoms with E-state index < -0.39 is 5.79 Å². The molecule has 0 spiro atoms. The summed E-state index contributed by atoms with van der Waals surface area (Å²) in [5.41, 5.74) is 0. The van der Waals surface area contributed by atoms with Gasteiger partial charge in [-0.1, -0.05) is 6.08 Å². The van der Waals surface area contributed by atoms with E-state index >= 15 is 0 Å². The quantitative estimate of drug-likeness (QED) is 0.587. The van der Waals surface area contributed by atoms with Gasteiger partial charge in [0, 0.05) is 34.7 Å². The van der Waals surface area contributed by atoms with E-state index in [1.54, 1.807) is 14.2 Å². The maximum Gasteiger partial charge on any atom is 0.168 e. The van der Waals surface area contributed by atoms with Crippen LogP contribution in [0.3, 0.4) is 0 Å². The number of hydrogen-bond donors (Lipinski definition) is 0. The number of hydrogen-bond acceptors (Lipinski definition) is 3. The van der Waals surface area contributed by atoms with Gasteiger partial charge in [-0.3, -0.25) is 0 Å². The van der Waals surface area contributed by atoms with Gasteiger partial charge in [0.25, 0.3) is 0 Å². The Bertz CT molecular complexity index is 139. The first-order valence-corrected chi connectivity index (χ1v) is 3.97. The van der Waals surface area contributed by atoms with E-state index in [-0.39, 0.29) is 0 Å². The molecule has 0 aliphatic rings. The molecule has 0 aliphatic heterocycles. The molecule has 0 saturated carbocycles. The number of methoxy groups -OCH3 is 2. The maximum absolute atomic E-state index is 5.18. The molecule has 0 aromatic rings. The molecule has 72 valence electrons. The maximum atomic E-state index is 5.18. The van der Waals surface area contributed by atoms with Gasteiger partial charge in [0.05, 0.1) is 0 Å². The predicted molar refractivity (Wildman–Crippen MR) is 49.9 cm³/mol. The van der Waals surface area contributed by atoms with Crippen LogP contribution in [0.4, 0.5) is 0 Å². The lowest BCUT2D eigenvalue weighted by atomic mass is 10.2. The Labute approximate surface area is 75.0 Å². The van der Waals surface area contributed by atoms with Crippen molar-refractivity contribution < 1.29 is 9.47 Å². The van der Waals surface area contributed by atoms with Crippen molar-refractivity contribution in [1.29, 1.82) is 0 Å². The Morgan fingerprint density at radius 3 is 2.08 bits per heavy atom. The lowest BCUT2D eigenvalue weighted by Crippen LogP contribution is -2.28. The van der Waals surface area contributed by atoms with Gasteiger partial charge < -0.3 is 14.4 Å². The molecule has 0 aliphatic carbocycles. The Balaban J connectivity index is 3.88. The van der Waals surface area contributed by atoms with E-state index in [2.05, 4.69) is 0 Å². The summed E-state index contributed by atoms with van der Waals surface area (Å²) in [6.45, 7) is 1.91. The van der Waals surface area contributed by atoms with E-state index in [9.17, 15) is 0 Å². The van der Waals surface area contributed by atoms with Crippen LogP contribution in [0.1, 0.15) is 13.3 Å². The van der Waals surface area contributed by atoms with Gasteiger partial charge in [-0.05, 0) is 13.1 Å². The minimum absolute atomic E-state index is 0.494. The molecule has 0 unspecified atom stereocenters. The Morgan fingerprint density at radius 1 is 1.25 bits per heavy atom. The SMILES string of the molecule is COC(C)(CC=CN(C)C)OC. The molecule has 0 N–H and O–H groups in total. The van der Waals surface area contributed by atoms with Gasteiger partial charge in [-0.2, -0.15) is 0 Å². The topological polar surface area (TPSA) is 21.7 Å². The molecule has 0 aromatic carbocycles. The molecule has 0 amide bonds. The summed E-state index contributed by atoms with van der Waals surface area (Å²) in [6, 6.07) is 0. The highest BCUT2D eigenvalue weighted by Crippen LogP contribution is 2.15. The first-order chi connectivity index (χ1) is 5.54. The Kier molecular flexibility index (Phi) is 4.93. The lowest BCUT2D eigenvalue weighted by molar-refractivity contribution is -0.190. The van der Waals surface area contributed by atoms with E-state index in [4.69, 9.17) is 9.47 Å². The molecule has 3 nitrogen and oxygen atoms in total. The second-order valence-corrected chi connectivity index (χ2v) is 3.09. The molecule has 0 radical (unpaired) electrons. The van der Waals surface area contributed by atoms with Crippen LogP contribution in [0.25, 0.3) is 0 Å². The third-order valence-electron chi connectivity index (χ3n) is 1.76. The van der Waals surface area contributed by atoms with Gasteiger partial charge in [0.15, 0.2) is 5.79 Å². The monoisotopic (exact) mass is 173 g/mol. The Hall–Kier alpha value is -0.540. The van der Waals surface area contributed by atoms with Crippen LogP contribution < -0.4 is 0 Å². The summed E-state index contributed by atoms with van der Waals surface area (Å²) in [5, 5.41) is 0. The first kappa shape index (κ1) is 11.5. The first-order valence-electron chi connectivity index (χ1n) is 3.97. The number of ether oxygens (including phenoxy) is 2. The van der Waals surface area contributed by atoms with Gasteiger partial charge in [-0.15, -0.1) is 0 Å². The molecule has 0 aromatic heterocycles. The lowest BCUT2D eigenvalue weighted by Gasteiger charge is -2.24. The predicted octanol–water partition coefficient (Wildman–Crippen LogP) is 1.46. The summed E-state index contributed by atoms with van der Waals surface area (Å²) in [5.74, 6) is -0.494. The van der Waals surface area contributed by atoms with E-state index in [1.165, 1.54) is 0 Å². The molecule has 0 heterocycles. The highest BCUT2D eigenvalue weighted by Gasteiger charge is 2.19. The molecular formula is C9H19NO2. The summed E-state index contributed by atoms with van der Waals surface area (Å²) >= 11 is 0. The van der Waals surface area contributed by atoms with Crippen molar-refractivity contribution in [3.05, 3.63) is 12.3 Å². The minimum atomic E-state index is -0.494. The van der Waals surface area contributed by atoms with Crippen molar-refractivity contribution in [2.75, 3.05) is 28.3 Å². The molecule has 0 rings (SSSR count). The summed E-state index contributed by atoms with van der Waals surface area (Å²) in [7, 11) is 7.25. The van der Waals surface area contributed by atoms with Crippen molar-refractivity contribution in [2.45, 2.75) is 19.1 Å². The highest BCUT2D eigenvalue weighted by atomic mass is 16.7. The smallest absolute Gasteiger partial charge is 0.168 e. The third kappa shape index (κ3) is 4.36. The van der Waals surface area contributed by atoms with Crippen molar-refractivity contribution >= 4 is 0 Å². The minimum Gasteiger partial charge on any atom is -0.384 e. The highest BCUT2D eigenvalue weighted by molar-refractivity contribution is 4.84.